The van der Waals surface area contributed by atoms with Crippen LogP contribution in [0.3, 0.4) is 0 Å². The fourth-order valence-corrected chi connectivity index (χ4v) is 2.28. The Kier molecular flexibility index (Phi) is 5.31. The number of benzene rings is 1. The normalized spacial score (nSPS) is 18.8. The molecule has 1 aromatic carbocycles. The summed E-state index contributed by atoms with van der Waals surface area (Å²) in [6.45, 7) is 1.71. The molecule has 1 atom stereocenters. The van der Waals surface area contributed by atoms with E-state index in [1.807, 2.05) is 6.07 Å². The topological polar surface area (TPSA) is 73.6 Å². The maximum Gasteiger partial charge on any atom is 0.292 e. The molecule has 20 heavy (non-hydrogen) atoms. The van der Waals surface area contributed by atoms with E-state index in [0.29, 0.717) is 18.9 Å². The summed E-state index contributed by atoms with van der Waals surface area (Å²) in [7, 11) is 1.67. The van der Waals surface area contributed by atoms with Gasteiger partial charge in [0.25, 0.3) is 5.69 Å². The van der Waals surface area contributed by atoms with Crippen LogP contribution in [-0.4, -0.2) is 31.3 Å². The van der Waals surface area contributed by atoms with Crippen molar-refractivity contribution >= 4 is 11.4 Å². The van der Waals surface area contributed by atoms with E-state index < -0.39 is 0 Å². The maximum absolute atomic E-state index is 11.0. The van der Waals surface area contributed by atoms with E-state index in [0.717, 1.165) is 25.0 Å². The Hall–Kier alpha value is -1.66. The zero-order valence-electron chi connectivity index (χ0n) is 11.6. The molecule has 0 radical (unpaired) electrons. The lowest BCUT2D eigenvalue weighted by Crippen LogP contribution is -2.24. The third kappa shape index (κ3) is 3.91. The molecule has 1 heterocycles. The zero-order valence-corrected chi connectivity index (χ0v) is 11.6. The lowest BCUT2D eigenvalue weighted by molar-refractivity contribution is -0.384. The molecule has 1 fully saturated rings. The number of nitro groups is 1. The Morgan fingerprint density at radius 3 is 3.00 bits per heavy atom. The lowest BCUT2D eigenvalue weighted by atomic mass is 10.1. The van der Waals surface area contributed by atoms with E-state index in [-0.39, 0.29) is 16.7 Å². The van der Waals surface area contributed by atoms with E-state index in [2.05, 4.69) is 5.32 Å². The molecule has 6 heteroatoms. The highest BCUT2D eigenvalue weighted by Crippen LogP contribution is 2.25. The van der Waals surface area contributed by atoms with Crippen molar-refractivity contribution < 1.29 is 14.4 Å². The third-order valence-electron chi connectivity index (χ3n) is 3.37. The molecule has 0 aromatic heterocycles. The Labute approximate surface area is 118 Å². The number of nitrogens with one attached hydrogen (secondary N) is 1. The second kappa shape index (κ2) is 7.21. The number of hydrogen-bond acceptors (Lipinski definition) is 5. The first kappa shape index (κ1) is 14.7. The quantitative estimate of drug-likeness (QED) is 0.640. The van der Waals surface area contributed by atoms with Crippen LogP contribution in [0, 0.1) is 10.1 Å². The van der Waals surface area contributed by atoms with Crippen LogP contribution in [0.2, 0.25) is 0 Å². The number of rotatable bonds is 6. The minimum absolute atomic E-state index is 0.0718. The van der Waals surface area contributed by atoms with Gasteiger partial charge in [0.15, 0.2) is 0 Å². The molecule has 0 saturated carbocycles. The van der Waals surface area contributed by atoms with Gasteiger partial charge in [0.1, 0.15) is 5.69 Å². The average Bonchev–Trinajstić information content (AvgIpc) is 2.48. The molecule has 1 aliphatic heterocycles. The minimum atomic E-state index is -0.389. The van der Waals surface area contributed by atoms with Gasteiger partial charge in [0, 0.05) is 19.7 Å². The predicted molar refractivity (Wildman–Crippen MR) is 75.9 cm³/mol. The molecule has 1 aromatic rings. The summed E-state index contributed by atoms with van der Waals surface area (Å²) in [6.07, 6.45) is 3.49. The van der Waals surface area contributed by atoms with Gasteiger partial charge in [-0.2, -0.15) is 0 Å². The van der Waals surface area contributed by atoms with Crippen LogP contribution in [0.1, 0.15) is 24.8 Å². The van der Waals surface area contributed by atoms with E-state index in [1.54, 1.807) is 19.2 Å². The van der Waals surface area contributed by atoms with Crippen LogP contribution in [0.15, 0.2) is 18.2 Å². The lowest BCUT2D eigenvalue weighted by Gasteiger charge is -2.22. The van der Waals surface area contributed by atoms with Crippen molar-refractivity contribution in [3.63, 3.8) is 0 Å². The Morgan fingerprint density at radius 1 is 1.50 bits per heavy atom. The number of ether oxygens (including phenoxy) is 2. The van der Waals surface area contributed by atoms with E-state index >= 15 is 0 Å². The zero-order chi connectivity index (χ0) is 14.4. The number of nitrogens with zero attached hydrogens (tertiary/aromatic N) is 1. The first-order valence-corrected chi connectivity index (χ1v) is 6.85. The van der Waals surface area contributed by atoms with Gasteiger partial charge in [-0.3, -0.25) is 10.1 Å². The van der Waals surface area contributed by atoms with Gasteiger partial charge in [0.2, 0.25) is 0 Å². The molecular formula is C14H20N2O4. The van der Waals surface area contributed by atoms with Gasteiger partial charge in [-0.05, 0) is 30.9 Å². The molecule has 1 saturated heterocycles. The average molecular weight is 280 g/mol. The molecule has 0 bridgehead atoms. The largest absolute Gasteiger partial charge is 0.383 e. The van der Waals surface area contributed by atoms with Crippen LogP contribution >= 0.6 is 0 Å². The van der Waals surface area contributed by atoms with Gasteiger partial charge in [-0.1, -0.05) is 6.07 Å². The predicted octanol–water partition coefficient (Wildman–Crippen LogP) is 2.72. The molecular weight excluding hydrogens is 260 g/mol. The van der Waals surface area contributed by atoms with Crippen LogP contribution in [-0.2, 0) is 16.1 Å². The summed E-state index contributed by atoms with van der Waals surface area (Å²) < 4.78 is 11.2. The fourth-order valence-electron chi connectivity index (χ4n) is 2.28. The van der Waals surface area contributed by atoms with Crippen molar-refractivity contribution in [2.24, 2.45) is 0 Å². The van der Waals surface area contributed by atoms with Gasteiger partial charge >= 0.3 is 0 Å². The Bertz CT molecular complexity index is 458. The van der Waals surface area contributed by atoms with Gasteiger partial charge in [-0.25, -0.2) is 0 Å². The standard InChI is InChI=1S/C14H20N2O4/c1-15-13-6-5-11(8-14(13)16(17)18)9-19-10-12-4-2-3-7-20-12/h5-6,8,12,15H,2-4,7,9-10H2,1H3. The number of anilines is 1. The third-order valence-corrected chi connectivity index (χ3v) is 3.37. The SMILES string of the molecule is CNc1ccc(COCC2CCCCO2)cc1[N+](=O)[O-]. The summed E-state index contributed by atoms with van der Waals surface area (Å²) in [5.74, 6) is 0. The van der Waals surface area contributed by atoms with Gasteiger partial charge < -0.3 is 14.8 Å². The van der Waals surface area contributed by atoms with Crippen LogP contribution < -0.4 is 5.32 Å². The molecule has 110 valence electrons. The second-order valence-corrected chi connectivity index (χ2v) is 4.86. The highest BCUT2D eigenvalue weighted by atomic mass is 16.6. The molecule has 1 aliphatic rings. The number of hydrogen-bond donors (Lipinski definition) is 1. The molecule has 1 unspecified atom stereocenters. The van der Waals surface area contributed by atoms with Crippen LogP contribution in [0.25, 0.3) is 0 Å². The first-order valence-electron chi connectivity index (χ1n) is 6.85. The van der Waals surface area contributed by atoms with E-state index in [4.69, 9.17) is 9.47 Å². The van der Waals surface area contributed by atoms with Crippen molar-refractivity contribution in [1.82, 2.24) is 0 Å². The van der Waals surface area contributed by atoms with Gasteiger partial charge in [0.05, 0.1) is 24.2 Å². The monoisotopic (exact) mass is 280 g/mol. The van der Waals surface area contributed by atoms with Crippen molar-refractivity contribution in [1.29, 1.82) is 0 Å². The minimum Gasteiger partial charge on any atom is -0.383 e. The molecule has 2 rings (SSSR count). The van der Waals surface area contributed by atoms with Crippen LogP contribution in [0.5, 0.6) is 0 Å². The number of nitro benzene ring substituents is 1. The molecule has 1 N–H and O–H groups in total. The van der Waals surface area contributed by atoms with Crippen molar-refractivity contribution in [3.05, 3.63) is 33.9 Å². The van der Waals surface area contributed by atoms with E-state index in [9.17, 15) is 10.1 Å². The molecule has 6 nitrogen and oxygen atoms in total. The molecule has 0 aliphatic carbocycles. The second-order valence-electron chi connectivity index (χ2n) is 4.86. The Morgan fingerprint density at radius 2 is 2.35 bits per heavy atom. The van der Waals surface area contributed by atoms with Crippen molar-refractivity contribution in [2.75, 3.05) is 25.6 Å². The van der Waals surface area contributed by atoms with Crippen LogP contribution in [0.4, 0.5) is 11.4 Å². The van der Waals surface area contributed by atoms with Crippen molar-refractivity contribution in [2.45, 2.75) is 32.0 Å². The van der Waals surface area contributed by atoms with Gasteiger partial charge in [-0.15, -0.1) is 0 Å². The maximum atomic E-state index is 11.0. The summed E-state index contributed by atoms with van der Waals surface area (Å²) in [4.78, 5) is 10.6. The summed E-state index contributed by atoms with van der Waals surface area (Å²) in [6, 6.07) is 5.09. The van der Waals surface area contributed by atoms with E-state index in [1.165, 1.54) is 6.42 Å². The highest BCUT2D eigenvalue weighted by Gasteiger charge is 2.15. The smallest absolute Gasteiger partial charge is 0.292 e. The first-order chi connectivity index (χ1) is 9.70. The molecule has 0 spiro atoms. The van der Waals surface area contributed by atoms with Crippen molar-refractivity contribution in [3.8, 4) is 0 Å². The summed E-state index contributed by atoms with van der Waals surface area (Å²) in [5.41, 5.74) is 1.38. The fraction of sp³-hybridized carbons (Fsp3) is 0.571. The summed E-state index contributed by atoms with van der Waals surface area (Å²) in [5, 5.41) is 13.8. The molecule has 0 amide bonds. The Balaban J connectivity index is 1.89. The summed E-state index contributed by atoms with van der Waals surface area (Å²) >= 11 is 0. The highest BCUT2D eigenvalue weighted by molar-refractivity contribution is 5.62.